The molecule has 8 nitrogen and oxygen atoms in total. The lowest BCUT2D eigenvalue weighted by Crippen LogP contribution is -2.31. The SMILES string of the molecule is Cc1ccc(C)c(OCC(=O)O[C@@H](C)C(=O)Nc2ccc(S(N)(=O)=O)cc2)c1. The number of sulfonamides is 1. The summed E-state index contributed by atoms with van der Waals surface area (Å²) >= 11 is 0. The Kier molecular flexibility index (Phi) is 6.76. The van der Waals surface area contributed by atoms with Gasteiger partial charge in [0.2, 0.25) is 10.0 Å². The van der Waals surface area contributed by atoms with E-state index >= 15 is 0 Å². The number of rotatable bonds is 7. The van der Waals surface area contributed by atoms with E-state index < -0.39 is 28.0 Å². The van der Waals surface area contributed by atoms with Crippen LogP contribution >= 0.6 is 0 Å². The summed E-state index contributed by atoms with van der Waals surface area (Å²) in [6, 6.07) is 10.9. The van der Waals surface area contributed by atoms with Gasteiger partial charge in [0.25, 0.3) is 5.91 Å². The lowest BCUT2D eigenvalue weighted by atomic mass is 10.1. The Bertz CT molecular complexity index is 970. The van der Waals surface area contributed by atoms with Crippen LogP contribution in [0.25, 0.3) is 0 Å². The quantitative estimate of drug-likeness (QED) is 0.677. The molecule has 0 aliphatic rings. The molecule has 9 heteroatoms. The van der Waals surface area contributed by atoms with Crippen molar-refractivity contribution in [2.45, 2.75) is 31.8 Å². The molecule has 3 N–H and O–H groups in total. The number of benzene rings is 2. The summed E-state index contributed by atoms with van der Waals surface area (Å²) in [5.41, 5.74) is 2.22. The van der Waals surface area contributed by atoms with Gasteiger partial charge >= 0.3 is 5.97 Å². The third kappa shape index (κ3) is 6.07. The average molecular weight is 406 g/mol. The number of aryl methyl sites for hydroxylation is 2. The molecule has 0 saturated carbocycles. The van der Waals surface area contributed by atoms with Crippen LogP contribution < -0.4 is 15.2 Å². The van der Waals surface area contributed by atoms with Gasteiger partial charge in [-0.3, -0.25) is 4.79 Å². The number of esters is 1. The predicted octanol–water partition coefficient (Wildman–Crippen LogP) is 1.90. The minimum Gasteiger partial charge on any atom is -0.482 e. The Morgan fingerprint density at radius 1 is 1.11 bits per heavy atom. The van der Waals surface area contributed by atoms with E-state index in [1.54, 1.807) is 0 Å². The Balaban J connectivity index is 1.87. The maximum Gasteiger partial charge on any atom is 0.344 e. The summed E-state index contributed by atoms with van der Waals surface area (Å²) < 4.78 is 33.0. The molecule has 2 aromatic rings. The van der Waals surface area contributed by atoms with Crippen molar-refractivity contribution in [3.05, 3.63) is 53.6 Å². The van der Waals surface area contributed by atoms with Crippen LogP contribution in [0.2, 0.25) is 0 Å². The highest BCUT2D eigenvalue weighted by molar-refractivity contribution is 7.89. The van der Waals surface area contributed by atoms with Crippen LogP contribution in [0, 0.1) is 13.8 Å². The second-order valence-corrected chi connectivity index (χ2v) is 7.81. The van der Waals surface area contributed by atoms with Gasteiger partial charge in [0.05, 0.1) is 4.90 Å². The third-order valence-electron chi connectivity index (χ3n) is 3.82. The van der Waals surface area contributed by atoms with E-state index in [0.717, 1.165) is 11.1 Å². The summed E-state index contributed by atoms with van der Waals surface area (Å²) in [6.45, 7) is 4.86. The molecule has 0 aliphatic heterocycles. The average Bonchev–Trinajstić information content (AvgIpc) is 2.62. The van der Waals surface area contributed by atoms with Crippen LogP contribution in [0.15, 0.2) is 47.4 Å². The van der Waals surface area contributed by atoms with Crippen molar-refractivity contribution in [1.29, 1.82) is 0 Å². The van der Waals surface area contributed by atoms with Crippen molar-refractivity contribution in [1.82, 2.24) is 0 Å². The highest BCUT2D eigenvalue weighted by atomic mass is 32.2. The van der Waals surface area contributed by atoms with Crippen molar-refractivity contribution in [3.8, 4) is 5.75 Å². The van der Waals surface area contributed by atoms with E-state index in [1.807, 2.05) is 32.0 Å². The molecule has 0 saturated heterocycles. The van der Waals surface area contributed by atoms with Gasteiger partial charge in [-0.05, 0) is 62.2 Å². The first-order valence-corrected chi connectivity index (χ1v) is 9.94. The van der Waals surface area contributed by atoms with Crippen LogP contribution in [0.3, 0.4) is 0 Å². The maximum atomic E-state index is 12.1. The number of anilines is 1. The Hall–Kier alpha value is -2.91. The zero-order chi connectivity index (χ0) is 20.9. The van der Waals surface area contributed by atoms with E-state index in [9.17, 15) is 18.0 Å². The number of nitrogens with two attached hydrogens (primary N) is 1. The van der Waals surface area contributed by atoms with Crippen molar-refractivity contribution in [2.75, 3.05) is 11.9 Å². The van der Waals surface area contributed by atoms with Gasteiger partial charge in [-0.2, -0.15) is 0 Å². The zero-order valence-corrected chi connectivity index (χ0v) is 16.6. The van der Waals surface area contributed by atoms with Crippen LogP contribution in [-0.2, 0) is 24.3 Å². The second kappa shape index (κ2) is 8.85. The fourth-order valence-electron chi connectivity index (χ4n) is 2.26. The van der Waals surface area contributed by atoms with Crippen LogP contribution in [0.1, 0.15) is 18.1 Å². The lowest BCUT2D eigenvalue weighted by molar-refractivity contribution is -0.155. The fraction of sp³-hybridized carbons (Fsp3) is 0.263. The minimum atomic E-state index is -3.81. The fourth-order valence-corrected chi connectivity index (χ4v) is 2.77. The number of nitrogens with one attached hydrogen (secondary N) is 1. The first kappa shape index (κ1) is 21.4. The first-order valence-electron chi connectivity index (χ1n) is 8.39. The van der Waals surface area contributed by atoms with E-state index in [2.05, 4.69) is 5.32 Å². The molecule has 0 aliphatic carbocycles. The topological polar surface area (TPSA) is 125 Å². The summed E-state index contributed by atoms with van der Waals surface area (Å²) in [6.07, 6.45) is -1.06. The molecule has 1 amide bonds. The molecule has 28 heavy (non-hydrogen) atoms. The number of primary sulfonamides is 1. The lowest BCUT2D eigenvalue weighted by Gasteiger charge is -2.15. The molecule has 0 bridgehead atoms. The molecular formula is C19H22N2O6S. The van der Waals surface area contributed by atoms with Crippen molar-refractivity contribution in [3.63, 3.8) is 0 Å². The normalized spacial score (nSPS) is 12.1. The number of amides is 1. The van der Waals surface area contributed by atoms with Crippen molar-refractivity contribution < 1.29 is 27.5 Å². The molecule has 0 heterocycles. The molecule has 0 fully saturated rings. The molecule has 2 rings (SSSR count). The third-order valence-corrected chi connectivity index (χ3v) is 4.75. The minimum absolute atomic E-state index is 0.0754. The Labute approximate surface area is 163 Å². The number of hydrogen-bond acceptors (Lipinski definition) is 6. The van der Waals surface area contributed by atoms with Gasteiger partial charge in [-0.1, -0.05) is 12.1 Å². The predicted molar refractivity (Wildman–Crippen MR) is 103 cm³/mol. The van der Waals surface area contributed by atoms with Gasteiger partial charge < -0.3 is 14.8 Å². The molecule has 0 radical (unpaired) electrons. The molecule has 150 valence electrons. The largest absolute Gasteiger partial charge is 0.482 e. The Morgan fingerprint density at radius 2 is 1.75 bits per heavy atom. The van der Waals surface area contributed by atoms with Gasteiger partial charge in [-0.15, -0.1) is 0 Å². The second-order valence-electron chi connectivity index (χ2n) is 6.25. The van der Waals surface area contributed by atoms with E-state index in [4.69, 9.17) is 14.6 Å². The number of ether oxygens (including phenoxy) is 2. The van der Waals surface area contributed by atoms with Gasteiger partial charge in [-0.25, -0.2) is 18.4 Å². The van der Waals surface area contributed by atoms with Crippen LogP contribution in [-0.4, -0.2) is 33.0 Å². The van der Waals surface area contributed by atoms with Gasteiger partial charge in [0.15, 0.2) is 12.7 Å². The number of carbonyl (C=O) groups excluding carboxylic acids is 2. The van der Waals surface area contributed by atoms with Crippen LogP contribution in [0.4, 0.5) is 5.69 Å². The van der Waals surface area contributed by atoms with Crippen molar-refractivity contribution in [2.24, 2.45) is 5.14 Å². The standard InChI is InChI=1S/C19H22N2O6S/c1-12-4-5-13(2)17(10-12)26-11-18(22)27-14(3)19(23)21-15-6-8-16(9-7-15)28(20,24)25/h4-10,14H,11H2,1-3H3,(H,21,23)(H2,20,24,25)/t14-/m0/s1. The number of hydrogen-bond donors (Lipinski definition) is 2. The summed E-state index contributed by atoms with van der Waals surface area (Å²) in [5, 5.41) is 7.54. The molecular weight excluding hydrogens is 384 g/mol. The highest BCUT2D eigenvalue weighted by Gasteiger charge is 2.19. The highest BCUT2D eigenvalue weighted by Crippen LogP contribution is 2.19. The molecule has 2 aromatic carbocycles. The van der Waals surface area contributed by atoms with E-state index in [1.165, 1.54) is 31.2 Å². The maximum absolute atomic E-state index is 12.1. The van der Waals surface area contributed by atoms with Crippen molar-refractivity contribution >= 4 is 27.6 Å². The monoisotopic (exact) mass is 406 g/mol. The van der Waals surface area contributed by atoms with E-state index in [-0.39, 0.29) is 11.5 Å². The molecule has 0 spiro atoms. The molecule has 1 atom stereocenters. The smallest absolute Gasteiger partial charge is 0.344 e. The van der Waals surface area contributed by atoms with E-state index in [0.29, 0.717) is 11.4 Å². The van der Waals surface area contributed by atoms with Gasteiger partial charge in [0, 0.05) is 5.69 Å². The Morgan fingerprint density at radius 3 is 2.36 bits per heavy atom. The van der Waals surface area contributed by atoms with Crippen LogP contribution in [0.5, 0.6) is 5.75 Å². The summed E-state index contributed by atoms with van der Waals surface area (Å²) in [4.78, 5) is 24.0. The first-order chi connectivity index (χ1) is 13.1. The summed E-state index contributed by atoms with van der Waals surface area (Å²) in [7, 11) is -3.81. The summed E-state index contributed by atoms with van der Waals surface area (Å²) in [5.74, 6) is -0.680. The number of carbonyl (C=O) groups is 2. The van der Waals surface area contributed by atoms with Gasteiger partial charge in [0.1, 0.15) is 5.75 Å². The zero-order valence-electron chi connectivity index (χ0n) is 15.8. The molecule has 0 unspecified atom stereocenters. The molecule has 0 aromatic heterocycles.